The third kappa shape index (κ3) is 7.19. The van der Waals surface area contributed by atoms with E-state index in [9.17, 15) is 0 Å². The van der Waals surface area contributed by atoms with Crippen LogP contribution in [0.3, 0.4) is 0 Å². The summed E-state index contributed by atoms with van der Waals surface area (Å²) in [6, 6.07) is 8.38. The molecule has 0 aromatic heterocycles. The van der Waals surface area contributed by atoms with Gasteiger partial charge in [-0.25, -0.2) is 0 Å². The van der Waals surface area contributed by atoms with Gasteiger partial charge in [-0.2, -0.15) is 17.8 Å². The van der Waals surface area contributed by atoms with Crippen LogP contribution in [0.1, 0.15) is 125 Å². The first-order chi connectivity index (χ1) is 17.7. The van der Waals surface area contributed by atoms with Crippen LogP contribution >= 0.6 is 33.3 Å². The van der Waals surface area contributed by atoms with Gasteiger partial charge in [0.15, 0.2) is 0 Å². The van der Waals surface area contributed by atoms with Crippen molar-refractivity contribution in [1.29, 1.82) is 0 Å². The van der Waals surface area contributed by atoms with Gasteiger partial charge in [0.1, 0.15) is 11.5 Å². The molecule has 2 aliphatic heterocycles. The molecule has 0 atom stereocenters. The molecule has 230 valence electrons. The minimum absolute atomic E-state index is 0.0141. The standard InChI is InChI=1S/C30H58N4O2P4/c1-25(2,3)31-37(29(13,14)15)32(26(4,5)6)39(31)35-23-20-19-21-24(22-23)36-40-33(27(7,8)9)38(30(16,17)18)34(40)28(10,11)12/h19-22H,1-18H3. The number of nitrogens with zero attached hydrogens (tertiary/aromatic N) is 4. The predicted octanol–water partition coefficient (Wildman–Crippen LogP) is 11.5. The molecule has 0 bridgehead atoms. The van der Waals surface area contributed by atoms with E-state index in [-0.39, 0.29) is 32.5 Å². The average Bonchev–Trinajstić information content (AvgIpc) is 2.61. The summed E-state index contributed by atoms with van der Waals surface area (Å²) < 4.78 is 24.5. The van der Waals surface area contributed by atoms with Gasteiger partial charge in [0.05, 0.1) is 16.4 Å². The molecule has 2 saturated heterocycles. The van der Waals surface area contributed by atoms with Crippen molar-refractivity contribution >= 4 is 33.3 Å². The normalized spacial score (nSPS) is 26.9. The van der Waals surface area contributed by atoms with E-state index in [1.807, 2.05) is 0 Å². The lowest BCUT2D eigenvalue weighted by Gasteiger charge is -2.66. The second kappa shape index (κ2) is 11.1. The van der Waals surface area contributed by atoms with Gasteiger partial charge in [0, 0.05) is 38.5 Å². The molecule has 0 amide bonds. The van der Waals surface area contributed by atoms with Crippen LogP contribution < -0.4 is 9.05 Å². The number of benzene rings is 1. The number of hydrogen-bond acceptors (Lipinski definition) is 6. The SMILES string of the molecule is CC(C)(C)N1P(Oc2cccc(OP3N(C(C)(C)C)P(C(C)(C)C)N3C(C)(C)C)c2)N(C(C)(C)C)P1C(C)(C)C. The fraction of sp³-hybridized carbons (Fsp3) is 0.800. The lowest BCUT2D eigenvalue weighted by molar-refractivity contribution is 0.243. The van der Waals surface area contributed by atoms with E-state index in [0.717, 1.165) is 11.5 Å². The van der Waals surface area contributed by atoms with Crippen LogP contribution in [-0.4, -0.2) is 50.2 Å². The van der Waals surface area contributed by atoms with E-state index in [1.54, 1.807) is 0 Å². The lowest BCUT2D eigenvalue weighted by atomic mass is 10.1. The molecule has 40 heavy (non-hydrogen) atoms. The molecule has 0 unspecified atom stereocenters. The maximum Gasteiger partial charge on any atom is 0.258 e. The van der Waals surface area contributed by atoms with Crippen LogP contribution in [-0.2, 0) is 0 Å². The Bertz CT molecular complexity index is 921. The van der Waals surface area contributed by atoms with Crippen molar-refractivity contribution in [3.8, 4) is 11.5 Å². The summed E-state index contributed by atoms with van der Waals surface area (Å²) in [5.41, 5.74) is 0.0566. The van der Waals surface area contributed by atoms with Gasteiger partial charge < -0.3 is 9.05 Å². The third-order valence-electron chi connectivity index (χ3n) is 6.15. The fourth-order valence-electron chi connectivity index (χ4n) is 4.78. The van der Waals surface area contributed by atoms with Gasteiger partial charge in [0.25, 0.3) is 16.9 Å². The first kappa shape index (κ1) is 34.9. The van der Waals surface area contributed by atoms with Crippen LogP contribution in [0.5, 0.6) is 11.5 Å². The number of hydrogen-bond donors (Lipinski definition) is 0. The van der Waals surface area contributed by atoms with E-state index >= 15 is 0 Å². The van der Waals surface area contributed by atoms with Gasteiger partial charge in [-0.15, -0.1) is 0 Å². The monoisotopic (exact) mass is 630 g/mol. The molecular formula is C30H58N4O2P4. The number of rotatable bonds is 4. The van der Waals surface area contributed by atoms with Gasteiger partial charge >= 0.3 is 0 Å². The summed E-state index contributed by atoms with van der Waals surface area (Å²) in [5.74, 6) is 1.77. The molecule has 3 rings (SSSR count). The first-order valence-corrected chi connectivity index (χ1v) is 19.4. The van der Waals surface area contributed by atoms with Crippen LogP contribution in [0.25, 0.3) is 0 Å². The molecule has 2 heterocycles. The van der Waals surface area contributed by atoms with Crippen molar-refractivity contribution < 1.29 is 9.05 Å². The third-order valence-corrected chi connectivity index (χ3v) is 20.7. The molecule has 2 aliphatic rings. The summed E-state index contributed by atoms with van der Waals surface area (Å²) in [4.78, 5) is 0. The zero-order valence-electron chi connectivity index (χ0n) is 28.7. The fourth-order valence-corrected chi connectivity index (χ4v) is 19.8. The Hall–Kier alpha value is 0.380. The van der Waals surface area contributed by atoms with E-state index in [2.05, 4.69) is 167 Å². The highest BCUT2D eigenvalue weighted by Gasteiger charge is 2.63. The topological polar surface area (TPSA) is 31.4 Å². The Labute approximate surface area is 252 Å². The molecule has 0 saturated carbocycles. The maximum absolute atomic E-state index is 6.93. The van der Waals surface area contributed by atoms with Crippen LogP contribution in [0.15, 0.2) is 24.3 Å². The molecule has 6 nitrogen and oxygen atoms in total. The van der Waals surface area contributed by atoms with E-state index in [0.29, 0.717) is 0 Å². The Morgan fingerprint density at radius 1 is 0.450 bits per heavy atom. The second-order valence-electron chi connectivity index (χ2n) is 16.9. The van der Waals surface area contributed by atoms with Gasteiger partial charge in [0.2, 0.25) is 0 Å². The Balaban J connectivity index is 1.94. The molecule has 0 N–H and O–H groups in total. The largest absolute Gasteiger partial charge is 0.444 e. The summed E-state index contributed by atoms with van der Waals surface area (Å²) in [6.07, 6.45) is 0. The summed E-state index contributed by atoms with van der Waals surface area (Å²) in [6.45, 7) is 42.1. The zero-order chi connectivity index (χ0) is 31.0. The van der Waals surface area contributed by atoms with E-state index in [4.69, 9.17) is 9.05 Å². The quantitative estimate of drug-likeness (QED) is 0.308. The van der Waals surface area contributed by atoms with Crippen LogP contribution in [0, 0.1) is 0 Å². The van der Waals surface area contributed by atoms with Gasteiger partial charge in [-0.3, -0.25) is 0 Å². The lowest BCUT2D eigenvalue weighted by Crippen LogP contribution is -2.57. The van der Waals surface area contributed by atoms with Crippen molar-refractivity contribution in [2.24, 2.45) is 0 Å². The highest BCUT2D eigenvalue weighted by atomic mass is 31.3. The smallest absolute Gasteiger partial charge is 0.258 e. The van der Waals surface area contributed by atoms with Gasteiger partial charge in [-0.1, -0.05) is 47.6 Å². The summed E-state index contributed by atoms with van der Waals surface area (Å²) in [5, 5.41) is 0.322. The molecule has 1 aromatic carbocycles. The highest BCUT2D eigenvalue weighted by Crippen LogP contribution is 2.86. The Morgan fingerprint density at radius 2 is 0.700 bits per heavy atom. The minimum atomic E-state index is -0.953. The Kier molecular flexibility index (Phi) is 9.65. The molecule has 2 fully saturated rings. The van der Waals surface area contributed by atoms with Crippen molar-refractivity contribution in [2.45, 2.75) is 157 Å². The molecule has 0 aliphatic carbocycles. The van der Waals surface area contributed by atoms with Crippen LogP contribution in [0.2, 0.25) is 0 Å². The van der Waals surface area contributed by atoms with Gasteiger partial charge in [-0.05, 0) is 95.2 Å². The first-order valence-electron chi connectivity index (χ1n) is 14.5. The molecule has 10 heteroatoms. The molecule has 1 aromatic rings. The van der Waals surface area contributed by atoms with Crippen molar-refractivity contribution in [3.63, 3.8) is 0 Å². The Morgan fingerprint density at radius 3 is 0.900 bits per heavy atom. The van der Waals surface area contributed by atoms with E-state index < -0.39 is 33.3 Å². The predicted molar refractivity (Wildman–Crippen MR) is 181 cm³/mol. The molecular weight excluding hydrogens is 572 g/mol. The maximum atomic E-state index is 6.93. The summed E-state index contributed by atoms with van der Waals surface area (Å²) >= 11 is 0. The second-order valence-corrected chi connectivity index (χ2v) is 26.6. The zero-order valence-corrected chi connectivity index (χ0v) is 32.3. The molecule has 0 radical (unpaired) electrons. The van der Waals surface area contributed by atoms with Crippen molar-refractivity contribution in [3.05, 3.63) is 24.3 Å². The van der Waals surface area contributed by atoms with E-state index in [1.165, 1.54) is 0 Å². The van der Waals surface area contributed by atoms with Crippen LogP contribution in [0.4, 0.5) is 0 Å². The molecule has 0 spiro atoms. The minimum Gasteiger partial charge on any atom is -0.444 e. The highest BCUT2D eigenvalue weighted by molar-refractivity contribution is 7.82. The average molecular weight is 631 g/mol. The summed E-state index contributed by atoms with van der Waals surface area (Å²) in [7, 11) is -2.94. The van der Waals surface area contributed by atoms with Crippen molar-refractivity contribution in [2.75, 3.05) is 0 Å². The van der Waals surface area contributed by atoms with Crippen molar-refractivity contribution in [1.82, 2.24) is 17.8 Å².